The average Bonchev–Trinajstić information content (AvgIpc) is 3.04. The van der Waals surface area contributed by atoms with E-state index in [1.165, 1.54) is 31.4 Å². The summed E-state index contributed by atoms with van der Waals surface area (Å²) in [7, 11) is -4.50. The van der Waals surface area contributed by atoms with Crippen molar-refractivity contribution in [2.45, 2.75) is 71.2 Å². The number of alkyl halides is 6. The number of hydrogen-bond acceptors (Lipinski definition) is 2. The maximum absolute atomic E-state index is 15.4. The summed E-state index contributed by atoms with van der Waals surface area (Å²) in [6, 6.07) is 3.42. The third kappa shape index (κ3) is 6.17. The van der Waals surface area contributed by atoms with Crippen LogP contribution < -0.4 is 4.72 Å². The Morgan fingerprint density at radius 2 is 1.47 bits per heavy atom. The fraction of sp³-hybridized carbons (Fsp3) is 0.462. The molecule has 0 saturated carbocycles. The van der Waals surface area contributed by atoms with Crippen LogP contribution in [0, 0.1) is 11.2 Å². The zero-order valence-electron chi connectivity index (χ0n) is 21.6. The summed E-state index contributed by atoms with van der Waals surface area (Å²) in [6.07, 6.45) is -8.82. The smallest absolute Gasteiger partial charge is 0.347 e. The Kier molecular flexibility index (Phi) is 7.52. The molecule has 0 bridgehead atoms. The van der Waals surface area contributed by atoms with Crippen molar-refractivity contribution in [3.63, 3.8) is 0 Å². The van der Waals surface area contributed by atoms with Crippen LogP contribution in [0.15, 0.2) is 42.6 Å². The number of rotatable bonds is 5. The van der Waals surface area contributed by atoms with Gasteiger partial charge in [0.2, 0.25) is 10.0 Å². The van der Waals surface area contributed by atoms with Gasteiger partial charge in [-0.1, -0.05) is 39.0 Å². The van der Waals surface area contributed by atoms with Crippen LogP contribution >= 0.6 is 0 Å². The molecule has 4 nitrogen and oxygen atoms in total. The first-order chi connectivity index (χ1) is 17.0. The Morgan fingerprint density at radius 1 is 0.895 bits per heavy atom. The molecule has 1 N–H and O–H groups in total. The monoisotopic (exact) mass is 566 g/mol. The van der Waals surface area contributed by atoms with Crippen LogP contribution in [0.1, 0.15) is 58.7 Å². The first-order valence-corrected chi connectivity index (χ1v) is 13.1. The van der Waals surface area contributed by atoms with Gasteiger partial charge in [-0.2, -0.15) is 31.1 Å². The number of nitrogens with one attached hydrogen (secondary N) is 1. The molecule has 0 aliphatic heterocycles. The summed E-state index contributed by atoms with van der Waals surface area (Å²) in [4.78, 5) is 0. The van der Waals surface area contributed by atoms with E-state index >= 15 is 4.39 Å². The number of halogens is 7. The van der Waals surface area contributed by atoms with Gasteiger partial charge in [0.05, 0.1) is 10.3 Å². The highest BCUT2D eigenvalue weighted by molar-refractivity contribution is 7.90. The van der Waals surface area contributed by atoms with Gasteiger partial charge >= 0.3 is 12.4 Å². The Balaban J connectivity index is 2.36. The molecule has 0 aliphatic carbocycles. The van der Waals surface area contributed by atoms with Gasteiger partial charge < -0.3 is 4.57 Å². The van der Waals surface area contributed by atoms with Gasteiger partial charge in [-0.15, -0.1) is 0 Å². The molecule has 3 aromatic rings. The first kappa shape index (κ1) is 29.9. The van der Waals surface area contributed by atoms with Gasteiger partial charge in [-0.05, 0) is 49.9 Å². The molecule has 1 atom stereocenters. The van der Waals surface area contributed by atoms with Crippen molar-refractivity contribution in [1.29, 1.82) is 0 Å². The number of nitrogens with zero attached hydrogens (tertiary/aromatic N) is 1. The normalized spacial score (nSPS) is 14.8. The zero-order chi connectivity index (χ0) is 29.1. The summed E-state index contributed by atoms with van der Waals surface area (Å²) >= 11 is 0. The molecule has 0 amide bonds. The molecule has 0 saturated heterocycles. The van der Waals surface area contributed by atoms with E-state index in [1.54, 1.807) is 25.5 Å². The van der Waals surface area contributed by atoms with Crippen molar-refractivity contribution in [2.24, 2.45) is 5.41 Å². The lowest BCUT2D eigenvalue weighted by molar-refractivity contribution is -0.152. The molecule has 1 aromatic heterocycles. The van der Waals surface area contributed by atoms with Gasteiger partial charge in [-0.25, -0.2) is 12.8 Å². The fourth-order valence-corrected chi connectivity index (χ4v) is 4.94. The molecule has 1 heterocycles. The number of sulfonamides is 1. The Bertz CT molecular complexity index is 1440. The minimum atomic E-state index is -5.10. The SMILES string of the molecule is CC(C)(C)Cn1cc([C@H](NS(=O)(=O)C(C)(C)C)C(F)(F)F)c2cc(F)c(-c3ccccc3C(F)(F)F)cc21. The van der Waals surface area contributed by atoms with Crippen molar-refractivity contribution in [3.8, 4) is 11.1 Å². The van der Waals surface area contributed by atoms with Crippen LogP contribution in [-0.2, 0) is 22.7 Å². The van der Waals surface area contributed by atoms with Crippen LogP contribution in [0.5, 0.6) is 0 Å². The van der Waals surface area contributed by atoms with Gasteiger partial charge in [0.1, 0.15) is 11.9 Å². The lowest BCUT2D eigenvalue weighted by atomic mass is 9.95. The highest BCUT2D eigenvalue weighted by atomic mass is 32.2. The minimum absolute atomic E-state index is 0.0347. The molecule has 3 rings (SSSR count). The van der Waals surface area contributed by atoms with Gasteiger partial charge in [0.25, 0.3) is 0 Å². The number of aromatic nitrogens is 1. The van der Waals surface area contributed by atoms with E-state index < -0.39 is 66.7 Å². The second kappa shape index (κ2) is 9.55. The number of hydrogen-bond donors (Lipinski definition) is 1. The summed E-state index contributed by atoms with van der Waals surface area (Å²) in [5, 5.41) is -0.265. The standard InChI is InChI=1S/C26H29F7N2O2S/c1-23(2,3)14-35-13-18(22(26(31,32)33)34-38(36,37)24(4,5)6)17-11-20(27)16(12-21(17)35)15-9-7-8-10-19(15)25(28,29)30/h7-13,22,34H,14H2,1-6H3/t22-/m0/s1. The highest BCUT2D eigenvalue weighted by Crippen LogP contribution is 2.43. The maximum atomic E-state index is 15.4. The van der Waals surface area contributed by atoms with Crippen molar-refractivity contribution in [1.82, 2.24) is 9.29 Å². The molecule has 2 aromatic carbocycles. The summed E-state index contributed by atoms with van der Waals surface area (Å²) in [6.45, 7) is 9.20. The lowest BCUT2D eigenvalue weighted by Crippen LogP contribution is -2.45. The van der Waals surface area contributed by atoms with Crippen molar-refractivity contribution >= 4 is 20.9 Å². The largest absolute Gasteiger partial charge is 0.417 e. The fourth-order valence-electron chi connectivity index (χ4n) is 4.02. The van der Waals surface area contributed by atoms with E-state index in [1.807, 2.05) is 0 Å². The molecule has 0 unspecified atom stereocenters. The number of fused-ring (bicyclic) bond motifs is 1. The molecule has 38 heavy (non-hydrogen) atoms. The van der Waals surface area contributed by atoms with Crippen molar-refractivity contribution in [2.75, 3.05) is 0 Å². The van der Waals surface area contributed by atoms with Gasteiger partial charge in [0.15, 0.2) is 0 Å². The Labute approximate surface area is 216 Å². The predicted octanol–water partition coefficient (Wildman–Crippen LogP) is 7.83. The second-order valence-electron chi connectivity index (χ2n) is 11.4. The summed E-state index contributed by atoms with van der Waals surface area (Å²) < 4.78 is 126. The van der Waals surface area contributed by atoms with Crippen LogP contribution in [0.25, 0.3) is 22.0 Å². The average molecular weight is 567 g/mol. The lowest BCUT2D eigenvalue weighted by Gasteiger charge is -2.26. The van der Waals surface area contributed by atoms with E-state index in [9.17, 15) is 34.8 Å². The van der Waals surface area contributed by atoms with E-state index in [0.29, 0.717) is 0 Å². The van der Waals surface area contributed by atoms with E-state index in [-0.39, 0.29) is 17.4 Å². The second-order valence-corrected chi connectivity index (χ2v) is 13.8. The molecular formula is C26H29F7N2O2S. The maximum Gasteiger partial charge on any atom is 0.417 e. The van der Waals surface area contributed by atoms with Gasteiger partial charge in [-0.3, -0.25) is 0 Å². The van der Waals surface area contributed by atoms with Crippen molar-refractivity contribution < 1.29 is 39.2 Å². The zero-order valence-corrected chi connectivity index (χ0v) is 22.5. The number of benzene rings is 2. The molecule has 12 heteroatoms. The van der Waals surface area contributed by atoms with Gasteiger partial charge in [0, 0.05) is 34.8 Å². The van der Waals surface area contributed by atoms with E-state index in [4.69, 9.17) is 0 Å². The molecular weight excluding hydrogens is 537 g/mol. The third-order valence-electron chi connectivity index (χ3n) is 5.89. The van der Waals surface area contributed by atoms with Crippen LogP contribution in [0.2, 0.25) is 0 Å². The molecule has 0 spiro atoms. The highest BCUT2D eigenvalue weighted by Gasteiger charge is 2.47. The third-order valence-corrected chi connectivity index (χ3v) is 8.04. The first-order valence-electron chi connectivity index (χ1n) is 11.6. The molecule has 0 radical (unpaired) electrons. The Hall–Kier alpha value is -2.60. The minimum Gasteiger partial charge on any atom is -0.347 e. The predicted molar refractivity (Wildman–Crippen MR) is 132 cm³/mol. The van der Waals surface area contributed by atoms with Crippen LogP contribution in [-0.4, -0.2) is 23.9 Å². The Morgan fingerprint density at radius 3 is 1.97 bits per heavy atom. The molecule has 0 fully saturated rings. The summed E-state index contributed by atoms with van der Waals surface area (Å²) in [5.41, 5.74) is -3.03. The van der Waals surface area contributed by atoms with Crippen LogP contribution in [0.4, 0.5) is 30.7 Å². The quantitative estimate of drug-likeness (QED) is 0.320. The van der Waals surface area contributed by atoms with E-state index in [0.717, 1.165) is 36.5 Å². The van der Waals surface area contributed by atoms with E-state index in [2.05, 4.69) is 0 Å². The van der Waals surface area contributed by atoms with Crippen LogP contribution in [0.3, 0.4) is 0 Å². The topological polar surface area (TPSA) is 51.1 Å². The molecule has 210 valence electrons. The molecule has 0 aliphatic rings. The summed E-state index contributed by atoms with van der Waals surface area (Å²) in [5.74, 6) is -1.18. The van der Waals surface area contributed by atoms with Crippen molar-refractivity contribution in [3.05, 3.63) is 59.5 Å².